The molecular formula is C33H45N3O7S. The highest BCUT2D eigenvalue weighted by atomic mass is 32.2. The van der Waals surface area contributed by atoms with Crippen molar-refractivity contribution < 1.29 is 33.7 Å². The Labute approximate surface area is 264 Å². The van der Waals surface area contributed by atoms with Crippen molar-refractivity contribution in [1.82, 2.24) is 0 Å². The summed E-state index contributed by atoms with van der Waals surface area (Å²) in [6, 6.07) is 15.5. The highest BCUT2D eigenvalue weighted by Gasteiger charge is 2.29. The van der Waals surface area contributed by atoms with Gasteiger partial charge in [0.25, 0.3) is 5.91 Å². The van der Waals surface area contributed by atoms with Gasteiger partial charge in [-0.2, -0.15) is 5.11 Å². The summed E-state index contributed by atoms with van der Waals surface area (Å²) in [5.74, 6) is -0.379. The van der Waals surface area contributed by atoms with Gasteiger partial charge in [-0.1, -0.05) is 57.2 Å². The predicted octanol–water partition coefficient (Wildman–Crippen LogP) is 7.78. The molecule has 0 atom stereocenters. The lowest BCUT2D eigenvalue weighted by Crippen LogP contribution is -2.30. The molecule has 2 aromatic rings. The lowest BCUT2D eigenvalue weighted by molar-refractivity contribution is -0.153. The molecule has 2 aromatic carbocycles. The van der Waals surface area contributed by atoms with Crippen LogP contribution in [0.15, 0.2) is 76.3 Å². The minimum Gasteiger partial charge on any atom is -0.510 e. The van der Waals surface area contributed by atoms with Crippen LogP contribution in [0.25, 0.3) is 0 Å². The van der Waals surface area contributed by atoms with Crippen molar-refractivity contribution in [3.8, 4) is 5.75 Å². The number of amides is 1. The zero-order valence-corrected chi connectivity index (χ0v) is 27.0. The van der Waals surface area contributed by atoms with Crippen molar-refractivity contribution in [2.45, 2.75) is 66.2 Å². The molecule has 0 aliphatic rings. The molecule has 11 heteroatoms. The van der Waals surface area contributed by atoms with E-state index in [9.17, 15) is 19.5 Å². The Kier molecular flexibility index (Phi) is 16.6. The molecule has 0 heterocycles. The maximum Gasteiger partial charge on any atom is 0.315 e. The number of carbonyl (C=O) groups is 3. The van der Waals surface area contributed by atoms with E-state index >= 15 is 0 Å². The molecule has 10 nitrogen and oxygen atoms in total. The van der Waals surface area contributed by atoms with E-state index < -0.39 is 11.3 Å². The number of unbranched alkanes of at least 4 members (excludes halogenated alkanes) is 5. The number of hydrogen-bond donors (Lipinski definition) is 2. The summed E-state index contributed by atoms with van der Waals surface area (Å²) >= 11 is 1.35. The van der Waals surface area contributed by atoms with Gasteiger partial charge in [0.15, 0.2) is 5.70 Å². The first-order chi connectivity index (χ1) is 21.1. The van der Waals surface area contributed by atoms with Crippen molar-refractivity contribution in [3.63, 3.8) is 0 Å². The number of nitrogens with zero attached hydrogens (tertiary/aromatic N) is 2. The number of rotatable bonds is 20. The molecule has 0 fully saturated rings. The molecule has 0 radical (unpaired) electrons. The number of azo groups is 1. The van der Waals surface area contributed by atoms with Crippen LogP contribution in [0.3, 0.4) is 0 Å². The second-order valence-electron chi connectivity index (χ2n) is 10.8. The van der Waals surface area contributed by atoms with Gasteiger partial charge in [0, 0.05) is 11.4 Å². The minimum atomic E-state index is -0.773. The third-order valence-electron chi connectivity index (χ3n) is 6.27. The normalized spacial score (nSPS) is 12.0. The Hall–Kier alpha value is -3.86. The van der Waals surface area contributed by atoms with Crippen LogP contribution in [0.1, 0.15) is 66.2 Å². The Morgan fingerprint density at radius 2 is 1.57 bits per heavy atom. The number of carbonyl (C=O) groups excluding carboxylic acids is 3. The summed E-state index contributed by atoms with van der Waals surface area (Å²) in [6.45, 7) is 7.74. The second kappa shape index (κ2) is 20.2. The van der Waals surface area contributed by atoms with Crippen molar-refractivity contribution in [2.24, 2.45) is 15.6 Å². The van der Waals surface area contributed by atoms with Gasteiger partial charge in [0.1, 0.15) is 24.7 Å². The van der Waals surface area contributed by atoms with E-state index in [0.717, 1.165) is 12.8 Å². The topological polar surface area (TPSA) is 136 Å². The monoisotopic (exact) mass is 627 g/mol. The smallest absolute Gasteiger partial charge is 0.315 e. The summed E-state index contributed by atoms with van der Waals surface area (Å²) in [5, 5.41) is 20.4. The number of benzene rings is 2. The predicted molar refractivity (Wildman–Crippen MR) is 173 cm³/mol. The highest BCUT2D eigenvalue weighted by Crippen LogP contribution is 2.24. The van der Waals surface area contributed by atoms with Gasteiger partial charge in [0.2, 0.25) is 0 Å². The van der Waals surface area contributed by atoms with Crippen molar-refractivity contribution in [2.75, 3.05) is 36.6 Å². The van der Waals surface area contributed by atoms with Crippen LogP contribution in [0.4, 0.5) is 11.4 Å². The average Bonchev–Trinajstić information content (AvgIpc) is 3.00. The second-order valence-corrected chi connectivity index (χ2v) is 11.8. The first kappa shape index (κ1) is 36.3. The maximum atomic E-state index is 12.6. The molecule has 0 aliphatic heterocycles. The van der Waals surface area contributed by atoms with Gasteiger partial charge in [-0.3, -0.25) is 14.4 Å². The molecule has 0 aliphatic carbocycles. The Morgan fingerprint density at radius 3 is 2.25 bits per heavy atom. The average molecular weight is 628 g/mol. The van der Waals surface area contributed by atoms with Gasteiger partial charge < -0.3 is 24.6 Å². The van der Waals surface area contributed by atoms with E-state index in [-0.39, 0.29) is 42.4 Å². The number of thioether (sulfide) groups is 1. The van der Waals surface area contributed by atoms with Gasteiger partial charge in [0.05, 0.1) is 23.5 Å². The lowest BCUT2D eigenvalue weighted by Gasteiger charge is -2.22. The number of aliphatic hydroxyl groups excluding tert-OH is 1. The van der Waals surface area contributed by atoms with Crippen LogP contribution in [-0.4, -0.2) is 54.3 Å². The molecule has 0 bridgehead atoms. The van der Waals surface area contributed by atoms with E-state index in [0.29, 0.717) is 29.5 Å². The zero-order valence-electron chi connectivity index (χ0n) is 26.2. The molecule has 240 valence electrons. The number of esters is 2. The fourth-order valence-electron chi connectivity index (χ4n) is 3.76. The lowest BCUT2D eigenvalue weighted by atomic mass is 9.97. The Morgan fingerprint density at radius 1 is 0.886 bits per heavy atom. The fourth-order valence-corrected chi connectivity index (χ4v) is 4.74. The third-order valence-corrected chi connectivity index (χ3v) is 7.64. The molecule has 2 rings (SSSR count). The first-order valence-electron chi connectivity index (χ1n) is 14.9. The van der Waals surface area contributed by atoms with Crippen molar-refractivity contribution in [3.05, 3.63) is 66.1 Å². The Balaban J connectivity index is 1.67. The minimum absolute atomic E-state index is 0.0576. The molecule has 0 aromatic heterocycles. The maximum absolute atomic E-state index is 12.6. The molecule has 0 spiro atoms. The molecular weight excluding hydrogens is 582 g/mol. The van der Waals surface area contributed by atoms with Gasteiger partial charge in [-0.25, -0.2) is 0 Å². The zero-order chi connectivity index (χ0) is 32.2. The molecule has 44 heavy (non-hydrogen) atoms. The van der Waals surface area contributed by atoms with Crippen LogP contribution < -0.4 is 10.1 Å². The standard InChI is InChI=1S/C33H45N3O7S/c1-5-6-7-8-9-13-20-42-29(38)23-44-24-33(3,4)32(40)43-22-21-41-28-18-16-26(17-19-28)34-31(39)30(25(2)37)36-35-27-14-11-10-12-15-27/h10-12,14-19,37H,5-9,13,20-24H2,1-4H3,(H,34,39). The van der Waals surface area contributed by atoms with Crippen LogP contribution in [-0.2, 0) is 23.9 Å². The van der Waals surface area contributed by atoms with Crippen molar-refractivity contribution in [1.29, 1.82) is 0 Å². The van der Waals surface area contributed by atoms with E-state index in [4.69, 9.17) is 14.2 Å². The summed E-state index contributed by atoms with van der Waals surface area (Å²) in [5.41, 5.74) is 0.0312. The number of allylic oxidation sites excluding steroid dienone is 1. The van der Waals surface area contributed by atoms with Crippen molar-refractivity contribution >= 4 is 41.0 Å². The summed E-state index contributed by atoms with van der Waals surface area (Å²) in [6.07, 6.45) is 6.80. The van der Waals surface area contributed by atoms with E-state index in [2.05, 4.69) is 22.5 Å². The largest absolute Gasteiger partial charge is 0.510 e. The van der Waals surface area contributed by atoms with Crippen LogP contribution in [0, 0.1) is 5.41 Å². The SMILES string of the molecule is CCCCCCCCOC(=O)CSCC(C)(C)C(=O)OCCOc1ccc(NC(=O)C(N=Nc2ccccc2)=C(C)O)cc1. The highest BCUT2D eigenvalue weighted by molar-refractivity contribution is 7.99. The molecule has 0 saturated carbocycles. The third kappa shape index (κ3) is 14.5. The molecule has 0 saturated heterocycles. The molecule has 0 unspecified atom stereocenters. The Bertz CT molecular complexity index is 1230. The van der Waals surface area contributed by atoms with E-state index in [1.807, 2.05) is 6.07 Å². The number of aliphatic hydroxyl groups is 1. The van der Waals surface area contributed by atoms with E-state index in [1.54, 1.807) is 62.4 Å². The van der Waals surface area contributed by atoms with Crippen LogP contribution >= 0.6 is 11.8 Å². The van der Waals surface area contributed by atoms with Gasteiger partial charge in [-0.15, -0.1) is 16.9 Å². The molecule has 1 amide bonds. The fraction of sp³-hybridized carbons (Fsp3) is 0.485. The first-order valence-corrected chi connectivity index (χ1v) is 16.1. The van der Waals surface area contributed by atoms with Gasteiger partial charge >= 0.3 is 11.9 Å². The van der Waals surface area contributed by atoms with E-state index in [1.165, 1.54) is 44.4 Å². The molecule has 2 N–H and O–H groups in total. The number of hydrogen-bond acceptors (Lipinski definition) is 10. The quantitative estimate of drug-likeness (QED) is 0.0499. The van der Waals surface area contributed by atoms with Crippen LogP contribution in [0.2, 0.25) is 0 Å². The number of ether oxygens (including phenoxy) is 3. The summed E-state index contributed by atoms with van der Waals surface area (Å²) in [7, 11) is 0. The summed E-state index contributed by atoms with van der Waals surface area (Å²) < 4.78 is 16.3. The summed E-state index contributed by atoms with van der Waals surface area (Å²) in [4.78, 5) is 37.2. The van der Waals surface area contributed by atoms with Crippen LogP contribution in [0.5, 0.6) is 5.75 Å². The number of nitrogens with one attached hydrogen (secondary N) is 1. The number of anilines is 1. The van der Waals surface area contributed by atoms with Gasteiger partial charge in [-0.05, 0) is 63.6 Å².